The summed E-state index contributed by atoms with van der Waals surface area (Å²) in [6, 6.07) is 20.5. The second kappa shape index (κ2) is 5.84. The molecular formula is C20H18O. The highest BCUT2D eigenvalue weighted by Gasteiger charge is 2.11. The second-order valence-corrected chi connectivity index (χ2v) is 5.12. The van der Waals surface area contributed by atoms with Gasteiger partial charge in [0.1, 0.15) is 5.75 Å². The molecule has 0 spiro atoms. The maximum absolute atomic E-state index is 10.5. The summed E-state index contributed by atoms with van der Waals surface area (Å²) in [6.45, 7) is 2.00. The van der Waals surface area contributed by atoms with Crippen molar-refractivity contribution < 1.29 is 5.11 Å². The molecule has 0 bridgehead atoms. The molecular weight excluding hydrogens is 256 g/mol. The molecule has 0 aliphatic rings. The van der Waals surface area contributed by atoms with Crippen molar-refractivity contribution in [3.8, 4) is 16.9 Å². The zero-order chi connectivity index (χ0) is 14.7. The topological polar surface area (TPSA) is 20.2 Å². The zero-order valence-electron chi connectivity index (χ0n) is 12.1. The molecule has 1 nitrogen and oxygen atoms in total. The highest BCUT2D eigenvalue weighted by molar-refractivity contribution is 6.01. The molecule has 0 unspecified atom stereocenters. The summed E-state index contributed by atoms with van der Waals surface area (Å²) < 4.78 is 0. The first kappa shape index (κ1) is 13.4. The molecule has 104 valence electrons. The fraction of sp³-hybridized carbons (Fsp3) is 0.100. The van der Waals surface area contributed by atoms with Gasteiger partial charge < -0.3 is 5.11 Å². The van der Waals surface area contributed by atoms with Gasteiger partial charge in [-0.1, -0.05) is 66.7 Å². The number of fused-ring (bicyclic) bond motifs is 1. The van der Waals surface area contributed by atoms with Crippen LogP contribution in [0.4, 0.5) is 0 Å². The minimum absolute atomic E-state index is 0.392. The number of benzene rings is 3. The van der Waals surface area contributed by atoms with Gasteiger partial charge in [0.15, 0.2) is 0 Å². The van der Waals surface area contributed by atoms with Crippen LogP contribution in [0, 0.1) is 0 Å². The average molecular weight is 274 g/mol. The normalized spacial score (nSPS) is 11.3. The van der Waals surface area contributed by atoms with Crippen LogP contribution in [0.25, 0.3) is 21.9 Å². The van der Waals surface area contributed by atoms with Gasteiger partial charge in [0.2, 0.25) is 0 Å². The van der Waals surface area contributed by atoms with Gasteiger partial charge >= 0.3 is 0 Å². The van der Waals surface area contributed by atoms with Crippen molar-refractivity contribution in [3.63, 3.8) is 0 Å². The van der Waals surface area contributed by atoms with Crippen LogP contribution in [-0.2, 0) is 6.42 Å². The first-order valence-electron chi connectivity index (χ1n) is 7.21. The van der Waals surface area contributed by atoms with Gasteiger partial charge in [-0.3, -0.25) is 0 Å². The van der Waals surface area contributed by atoms with Crippen molar-refractivity contribution in [2.24, 2.45) is 0 Å². The van der Waals surface area contributed by atoms with Crippen LogP contribution in [0.2, 0.25) is 0 Å². The number of phenols is 1. The second-order valence-electron chi connectivity index (χ2n) is 5.12. The summed E-state index contributed by atoms with van der Waals surface area (Å²) in [6.07, 6.45) is 4.82. The summed E-state index contributed by atoms with van der Waals surface area (Å²) in [5.74, 6) is 0.392. The van der Waals surface area contributed by atoms with Gasteiger partial charge in [-0.05, 0) is 41.5 Å². The third-order valence-electron chi connectivity index (χ3n) is 3.75. The van der Waals surface area contributed by atoms with Gasteiger partial charge in [-0.2, -0.15) is 0 Å². The molecule has 1 N–H and O–H groups in total. The Kier molecular flexibility index (Phi) is 3.74. The summed E-state index contributed by atoms with van der Waals surface area (Å²) in [7, 11) is 0. The first-order valence-corrected chi connectivity index (χ1v) is 7.21. The fourth-order valence-electron chi connectivity index (χ4n) is 2.67. The van der Waals surface area contributed by atoms with E-state index in [2.05, 4.69) is 30.3 Å². The molecule has 0 heterocycles. The molecule has 0 radical (unpaired) electrons. The van der Waals surface area contributed by atoms with E-state index in [-0.39, 0.29) is 0 Å². The number of hydrogen-bond donors (Lipinski definition) is 1. The van der Waals surface area contributed by atoms with Gasteiger partial charge in [-0.25, -0.2) is 0 Å². The van der Waals surface area contributed by atoms with E-state index in [9.17, 15) is 5.11 Å². The molecule has 3 rings (SSSR count). The fourth-order valence-corrected chi connectivity index (χ4v) is 2.67. The van der Waals surface area contributed by atoms with E-state index in [4.69, 9.17) is 0 Å². The molecule has 0 atom stereocenters. The Hall–Kier alpha value is -2.54. The lowest BCUT2D eigenvalue weighted by Gasteiger charge is -2.12. The Morgan fingerprint density at radius 2 is 1.57 bits per heavy atom. The molecule has 0 aromatic heterocycles. The quantitative estimate of drug-likeness (QED) is 0.640. The van der Waals surface area contributed by atoms with Crippen molar-refractivity contribution in [2.75, 3.05) is 0 Å². The van der Waals surface area contributed by atoms with Crippen LogP contribution in [0.5, 0.6) is 5.75 Å². The Balaban J connectivity index is 2.30. The van der Waals surface area contributed by atoms with Crippen molar-refractivity contribution in [1.29, 1.82) is 0 Å². The molecule has 0 fully saturated rings. The zero-order valence-corrected chi connectivity index (χ0v) is 12.1. The Labute approximate surface area is 125 Å². The van der Waals surface area contributed by atoms with Crippen molar-refractivity contribution >= 4 is 10.8 Å². The van der Waals surface area contributed by atoms with Gasteiger partial charge in [0.05, 0.1) is 0 Å². The Morgan fingerprint density at radius 3 is 2.29 bits per heavy atom. The van der Waals surface area contributed by atoms with Gasteiger partial charge in [0.25, 0.3) is 0 Å². The maximum Gasteiger partial charge on any atom is 0.126 e. The number of hydrogen-bond acceptors (Lipinski definition) is 1. The predicted molar refractivity (Wildman–Crippen MR) is 89.6 cm³/mol. The van der Waals surface area contributed by atoms with E-state index in [0.29, 0.717) is 5.75 Å². The monoisotopic (exact) mass is 274 g/mol. The van der Waals surface area contributed by atoms with Crippen molar-refractivity contribution in [2.45, 2.75) is 13.3 Å². The average Bonchev–Trinajstić information content (AvgIpc) is 2.55. The smallest absolute Gasteiger partial charge is 0.126 e. The van der Waals surface area contributed by atoms with Crippen molar-refractivity contribution in [1.82, 2.24) is 0 Å². The lowest BCUT2D eigenvalue weighted by molar-refractivity contribution is 0.476. The number of phenolic OH excluding ortho intramolecular Hbond substituents is 1. The SMILES string of the molecule is C/C=C/Cc1cc(-c2ccccc2)c2ccccc2c1O. The lowest BCUT2D eigenvalue weighted by Crippen LogP contribution is -1.89. The van der Waals surface area contributed by atoms with Crippen LogP contribution in [0.15, 0.2) is 72.8 Å². The summed E-state index contributed by atoms with van der Waals surface area (Å²) in [5.41, 5.74) is 3.31. The van der Waals surface area contributed by atoms with Crippen LogP contribution in [0.1, 0.15) is 12.5 Å². The summed E-state index contributed by atoms with van der Waals surface area (Å²) >= 11 is 0. The van der Waals surface area contributed by atoms with Crippen LogP contribution in [0.3, 0.4) is 0 Å². The molecule has 0 aliphatic heterocycles. The van der Waals surface area contributed by atoms with Crippen LogP contribution < -0.4 is 0 Å². The Bertz CT molecular complexity index is 786. The van der Waals surface area contributed by atoms with E-state index >= 15 is 0 Å². The highest BCUT2D eigenvalue weighted by atomic mass is 16.3. The lowest BCUT2D eigenvalue weighted by atomic mass is 9.93. The third-order valence-corrected chi connectivity index (χ3v) is 3.75. The molecule has 0 saturated carbocycles. The minimum Gasteiger partial charge on any atom is -0.507 e. The van der Waals surface area contributed by atoms with E-state index in [1.807, 2.05) is 49.4 Å². The molecule has 3 aromatic rings. The molecule has 21 heavy (non-hydrogen) atoms. The molecule has 0 amide bonds. The van der Waals surface area contributed by atoms with E-state index in [0.717, 1.165) is 22.8 Å². The molecule has 0 saturated heterocycles. The Morgan fingerprint density at radius 1 is 0.905 bits per heavy atom. The largest absolute Gasteiger partial charge is 0.507 e. The first-order chi connectivity index (χ1) is 10.3. The number of rotatable bonds is 3. The minimum atomic E-state index is 0.392. The van der Waals surface area contributed by atoms with E-state index < -0.39 is 0 Å². The molecule has 1 heteroatoms. The van der Waals surface area contributed by atoms with E-state index in [1.165, 1.54) is 11.1 Å². The summed E-state index contributed by atoms with van der Waals surface area (Å²) in [4.78, 5) is 0. The van der Waals surface area contributed by atoms with Gasteiger partial charge in [-0.15, -0.1) is 0 Å². The van der Waals surface area contributed by atoms with Gasteiger partial charge in [0, 0.05) is 5.39 Å². The molecule has 0 aliphatic carbocycles. The summed E-state index contributed by atoms with van der Waals surface area (Å²) in [5, 5.41) is 12.5. The predicted octanol–water partition coefficient (Wildman–Crippen LogP) is 5.33. The van der Waals surface area contributed by atoms with Crippen LogP contribution >= 0.6 is 0 Å². The molecule has 3 aromatic carbocycles. The number of allylic oxidation sites excluding steroid dienone is 2. The maximum atomic E-state index is 10.5. The van der Waals surface area contributed by atoms with Crippen molar-refractivity contribution in [3.05, 3.63) is 78.4 Å². The third kappa shape index (κ3) is 2.55. The number of aromatic hydroxyl groups is 1. The van der Waals surface area contributed by atoms with E-state index in [1.54, 1.807) is 0 Å². The van der Waals surface area contributed by atoms with Crippen LogP contribution in [-0.4, -0.2) is 5.11 Å². The highest BCUT2D eigenvalue weighted by Crippen LogP contribution is 2.37. The standard InChI is InChI=1S/C20H18O/c1-2-3-9-16-14-19(15-10-5-4-6-11-15)17-12-7-8-13-18(17)20(16)21/h2-8,10-14,21H,9H2,1H3/b3-2+.